The van der Waals surface area contributed by atoms with Crippen molar-refractivity contribution in [1.82, 2.24) is 16.2 Å². The third-order valence-electron chi connectivity index (χ3n) is 1.97. The van der Waals surface area contributed by atoms with E-state index in [2.05, 4.69) is 32.1 Å². The summed E-state index contributed by atoms with van der Waals surface area (Å²) in [5, 5.41) is 2.49. The molecule has 0 spiro atoms. The van der Waals surface area contributed by atoms with Crippen LogP contribution in [0.5, 0.6) is 0 Å². The molecule has 0 aliphatic rings. The number of carbonyl (C=O) groups excluding carboxylic acids is 2. The van der Waals surface area contributed by atoms with Gasteiger partial charge in [-0.3, -0.25) is 25.8 Å². The molecular weight excluding hydrogens is 318 g/mol. The predicted molar refractivity (Wildman–Crippen MR) is 75.8 cm³/mol. The molecule has 0 aromatic heterocycles. The minimum absolute atomic E-state index is 0.0460. The highest BCUT2D eigenvalue weighted by Gasteiger charge is 2.07. The van der Waals surface area contributed by atoms with Crippen molar-refractivity contribution in [2.75, 3.05) is 0 Å². The van der Waals surface area contributed by atoms with Gasteiger partial charge in [0, 0.05) is 16.5 Å². The van der Waals surface area contributed by atoms with Gasteiger partial charge in [-0.25, -0.2) is 0 Å². The quantitative estimate of drug-likeness (QED) is 0.568. The standard InChI is InChI=1S/C11H12BrN3O2S/c1-2-9(16)14-15-11(18)13-10(17)7-3-5-8(12)6-4-7/h3-6H,2H2,1H3,(H,14,16)(H2,13,15,17,18). The lowest BCUT2D eigenvalue weighted by Gasteiger charge is -2.09. The molecule has 0 saturated heterocycles. The van der Waals surface area contributed by atoms with Gasteiger partial charge in [-0.1, -0.05) is 22.9 Å². The molecule has 0 aliphatic carbocycles. The molecule has 0 radical (unpaired) electrons. The fraction of sp³-hybridized carbons (Fsp3) is 0.182. The number of hydrogen-bond donors (Lipinski definition) is 3. The molecule has 5 nitrogen and oxygen atoms in total. The second-order valence-corrected chi connectivity index (χ2v) is 4.64. The summed E-state index contributed by atoms with van der Waals surface area (Å²) in [7, 11) is 0. The number of rotatable bonds is 2. The van der Waals surface area contributed by atoms with Crippen LogP contribution >= 0.6 is 28.1 Å². The summed E-state index contributed by atoms with van der Waals surface area (Å²) >= 11 is 8.13. The molecule has 0 unspecified atom stereocenters. The normalized spacial score (nSPS) is 9.44. The fourth-order valence-corrected chi connectivity index (χ4v) is 1.43. The minimum Gasteiger partial charge on any atom is -0.298 e. The van der Waals surface area contributed by atoms with Crippen molar-refractivity contribution in [3.8, 4) is 0 Å². The lowest BCUT2D eigenvalue weighted by Crippen LogP contribution is -2.48. The number of hydrazine groups is 1. The molecule has 0 bridgehead atoms. The van der Waals surface area contributed by atoms with E-state index >= 15 is 0 Å². The van der Waals surface area contributed by atoms with Crippen LogP contribution < -0.4 is 16.2 Å². The lowest BCUT2D eigenvalue weighted by atomic mass is 10.2. The SMILES string of the molecule is CCC(=O)NNC(=S)NC(=O)c1ccc(Br)cc1. The van der Waals surface area contributed by atoms with Gasteiger partial charge in [-0.05, 0) is 36.5 Å². The Hall–Kier alpha value is -1.47. The number of amides is 2. The molecule has 0 atom stereocenters. The van der Waals surface area contributed by atoms with Gasteiger partial charge < -0.3 is 0 Å². The zero-order valence-corrected chi connectivity index (χ0v) is 12.0. The summed E-state index contributed by atoms with van der Waals surface area (Å²) in [4.78, 5) is 22.7. The molecule has 1 aromatic rings. The number of carbonyl (C=O) groups is 2. The van der Waals surface area contributed by atoms with Crippen molar-refractivity contribution in [3.05, 3.63) is 34.3 Å². The molecule has 0 aliphatic heterocycles. The van der Waals surface area contributed by atoms with Crippen molar-refractivity contribution in [2.45, 2.75) is 13.3 Å². The first-order valence-corrected chi connectivity index (χ1v) is 6.38. The molecule has 2 amide bonds. The van der Waals surface area contributed by atoms with E-state index < -0.39 is 0 Å². The highest BCUT2D eigenvalue weighted by Crippen LogP contribution is 2.10. The summed E-state index contributed by atoms with van der Waals surface area (Å²) in [5.41, 5.74) is 5.26. The topological polar surface area (TPSA) is 70.2 Å². The summed E-state index contributed by atoms with van der Waals surface area (Å²) in [6.07, 6.45) is 0.330. The second-order valence-electron chi connectivity index (χ2n) is 3.32. The zero-order valence-electron chi connectivity index (χ0n) is 9.62. The molecule has 96 valence electrons. The molecule has 0 heterocycles. The fourth-order valence-electron chi connectivity index (χ4n) is 1.02. The van der Waals surface area contributed by atoms with E-state index in [9.17, 15) is 9.59 Å². The molecular formula is C11H12BrN3O2S. The highest BCUT2D eigenvalue weighted by molar-refractivity contribution is 9.10. The minimum atomic E-state index is -0.342. The van der Waals surface area contributed by atoms with Crippen LogP contribution in [0.2, 0.25) is 0 Å². The van der Waals surface area contributed by atoms with Crippen molar-refractivity contribution < 1.29 is 9.59 Å². The number of benzene rings is 1. The Bertz CT molecular complexity index is 462. The van der Waals surface area contributed by atoms with Gasteiger partial charge in [0.05, 0.1) is 0 Å². The first-order chi connectivity index (χ1) is 8.52. The maximum atomic E-state index is 11.7. The van der Waals surface area contributed by atoms with Crippen molar-refractivity contribution in [1.29, 1.82) is 0 Å². The molecule has 3 N–H and O–H groups in total. The molecule has 0 saturated carbocycles. The van der Waals surface area contributed by atoms with E-state index in [4.69, 9.17) is 12.2 Å². The first kappa shape index (κ1) is 14.6. The van der Waals surface area contributed by atoms with Crippen molar-refractivity contribution in [2.24, 2.45) is 0 Å². The maximum absolute atomic E-state index is 11.7. The first-order valence-electron chi connectivity index (χ1n) is 5.18. The van der Waals surface area contributed by atoms with Gasteiger partial charge in [0.2, 0.25) is 5.91 Å². The lowest BCUT2D eigenvalue weighted by molar-refractivity contribution is -0.121. The van der Waals surface area contributed by atoms with Crippen LogP contribution in [0.15, 0.2) is 28.7 Å². The van der Waals surface area contributed by atoms with Gasteiger partial charge in [0.1, 0.15) is 0 Å². The summed E-state index contributed by atoms with van der Waals surface area (Å²) in [6, 6.07) is 6.83. The Morgan fingerprint density at radius 1 is 1.22 bits per heavy atom. The Balaban J connectivity index is 2.47. The molecule has 1 aromatic carbocycles. The van der Waals surface area contributed by atoms with Gasteiger partial charge >= 0.3 is 0 Å². The van der Waals surface area contributed by atoms with Crippen LogP contribution in [-0.4, -0.2) is 16.9 Å². The van der Waals surface area contributed by atoms with Crippen LogP contribution in [-0.2, 0) is 4.79 Å². The third-order valence-corrected chi connectivity index (χ3v) is 2.70. The van der Waals surface area contributed by atoms with Crippen molar-refractivity contribution >= 4 is 45.1 Å². The Morgan fingerprint density at radius 3 is 2.39 bits per heavy atom. The van der Waals surface area contributed by atoms with E-state index in [1.165, 1.54) is 0 Å². The van der Waals surface area contributed by atoms with Crippen LogP contribution in [0, 0.1) is 0 Å². The highest BCUT2D eigenvalue weighted by atomic mass is 79.9. The third kappa shape index (κ3) is 4.80. The Morgan fingerprint density at radius 2 is 1.83 bits per heavy atom. The largest absolute Gasteiger partial charge is 0.298 e. The number of hydrogen-bond acceptors (Lipinski definition) is 3. The van der Waals surface area contributed by atoms with Crippen LogP contribution in [0.4, 0.5) is 0 Å². The van der Waals surface area contributed by atoms with E-state index in [-0.39, 0.29) is 16.9 Å². The second kappa shape index (κ2) is 7.07. The number of nitrogens with one attached hydrogen (secondary N) is 3. The molecule has 7 heteroatoms. The van der Waals surface area contributed by atoms with E-state index in [0.29, 0.717) is 12.0 Å². The van der Waals surface area contributed by atoms with E-state index in [1.807, 2.05) is 0 Å². The Labute approximate surface area is 118 Å². The molecule has 18 heavy (non-hydrogen) atoms. The van der Waals surface area contributed by atoms with Crippen LogP contribution in [0.25, 0.3) is 0 Å². The van der Waals surface area contributed by atoms with E-state index in [1.54, 1.807) is 31.2 Å². The predicted octanol–water partition coefficient (Wildman–Crippen LogP) is 1.49. The summed E-state index contributed by atoms with van der Waals surface area (Å²) < 4.78 is 0.884. The monoisotopic (exact) mass is 329 g/mol. The number of thiocarbonyl (C=S) groups is 1. The van der Waals surface area contributed by atoms with Crippen molar-refractivity contribution in [3.63, 3.8) is 0 Å². The smallest absolute Gasteiger partial charge is 0.257 e. The van der Waals surface area contributed by atoms with E-state index in [0.717, 1.165) is 4.47 Å². The van der Waals surface area contributed by atoms with Crippen LogP contribution in [0.3, 0.4) is 0 Å². The zero-order chi connectivity index (χ0) is 13.5. The van der Waals surface area contributed by atoms with Gasteiger partial charge in [-0.2, -0.15) is 0 Å². The number of halogens is 1. The average Bonchev–Trinajstić information content (AvgIpc) is 2.36. The average molecular weight is 330 g/mol. The van der Waals surface area contributed by atoms with Gasteiger partial charge in [0.15, 0.2) is 5.11 Å². The van der Waals surface area contributed by atoms with Gasteiger partial charge in [0.25, 0.3) is 5.91 Å². The van der Waals surface area contributed by atoms with Crippen LogP contribution in [0.1, 0.15) is 23.7 Å². The molecule has 1 rings (SSSR count). The molecule has 0 fully saturated rings. The summed E-state index contributed by atoms with van der Waals surface area (Å²) in [6.45, 7) is 1.71. The van der Waals surface area contributed by atoms with Gasteiger partial charge in [-0.15, -0.1) is 0 Å². The maximum Gasteiger partial charge on any atom is 0.257 e. The Kier molecular flexibility index (Phi) is 5.73. The summed E-state index contributed by atoms with van der Waals surface area (Å²) in [5.74, 6) is -0.555.